The van der Waals surface area contributed by atoms with Crippen LogP contribution in [0.25, 0.3) is 0 Å². The van der Waals surface area contributed by atoms with Gasteiger partial charge in [-0.3, -0.25) is 0 Å². The van der Waals surface area contributed by atoms with E-state index in [0.717, 1.165) is 39.2 Å². The van der Waals surface area contributed by atoms with Crippen molar-refractivity contribution in [2.45, 2.75) is 19.0 Å². The number of nitrogens with two attached hydrogens (primary N) is 1. The summed E-state index contributed by atoms with van der Waals surface area (Å²) in [4.78, 5) is 4.39. The normalized spacial score (nSPS) is 19.2. The SMILES string of the molecule is [CH2-]CN(C[CH2-])Cc1ccc(N2COCCC(N)C2)cc1.[U+2]. The van der Waals surface area contributed by atoms with Crippen molar-refractivity contribution < 1.29 is 35.9 Å². The van der Waals surface area contributed by atoms with Gasteiger partial charge in [-0.15, -0.1) is 13.1 Å². The van der Waals surface area contributed by atoms with Gasteiger partial charge in [0.2, 0.25) is 0 Å². The molecule has 4 nitrogen and oxygen atoms in total. The molecule has 0 bridgehead atoms. The fourth-order valence-corrected chi connectivity index (χ4v) is 2.36. The van der Waals surface area contributed by atoms with Crippen molar-refractivity contribution in [3.05, 3.63) is 43.7 Å². The number of hydrogen-bond donors (Lipinski definition) is 1. The van der Waals surface area contributed by atoms with E-state index in [-0.39, 0.29) is 37.2 Å². The van der Waals surface area contributed by atoms with Crippen molar-refractivity contribution in [3.8, 4) is 0 Å². The fraction of sp³-hybridized carbons (Fsp3) is 0.500. The van der Waals surface area contributed by atoms with Gasteiger partial charge in [-0.2, -0.15) is 0 Å². The predicted octanol–water partition coefficient (Wildman–Crippen LogP) is 1.67. The van der Waals surface area contributed by atoms with Crippen LogP contribution in [0.4, 0.5) is 5.69 Å². The third-order valence-corrected chi connectivity index (χ3v) is 3.68. The molecule has 0 aromatic heterocycles. The summed E-state index contributed by atoms with van der Waals surface area (Å²) in [5.74, 6) is 0. The molecule has 0 aliphatic carbocycles. The van der Waals surface area contributed by atoms with Gasteiger partial charge >= 0.3 is 31.1 Å². The Hall–Kier alpha value is -0.0481. The van der Waals surface area contributed by atoms with E-state index in [0.29, 0.717) is 6.73 Å². The number of hydrogen-bond acceptors (Lipinski definition) is 4. The Balaban J connectivity index is 0.00000220. The van der Waals surface area contributed by atoms with Gasteiger partial charge in [0.15, 0.2) is 0 Å². The molecule has 1 atom stereocenters. The molecule has 5 heteroatoms. The monoisotopic (exact) mass is 513 g/mol. The quantitative estimate of drug-likeness (QED) is 0.609. The number of rotatable bonds is 5. The number of benzene rings is 1. The van der Waals surface area contributed by atoms with Crippen LogP contribution in [-0.4, -0.2) is 43.9 Å². The van der Waals surface area contributed by atoms with E-state index < -0.39 is 0 Å². The molecule has 1 fully saturated rings. The summed E-state index contributed by atoms with van der Waals surface area (Å²) in [6, 6.07) is 8.78. The third-order valence-electron chi connectivity index (χ3n) is 3.68. The van der Waals surface area contributed by atoms with Crippen LogP contribution < -0.4 is 10.6 Å². The molecule has 0 amide bonds. The Morgan fingerprint density at radius 1 is 1.24 bits per heavy atom. The van der Waals surface area contributed by atoms with Gasteiger partial charge in [-0.1, -0.05) is 12.1 Å². The molecule has 2 rings (SSSR count). The van der Waals surface area contributed by atoms with E-state index in [1.165, 1.54) is 11.3 Å². The largest absolute Gasteiger partial charge is 2.00 e. The second-order valence-corrected chi connectivity index (χ2v) is 5.25. The van der Waals surface area contributed by atoms with Crippen molar-refractivity contribution in [1.29, 1.82) is 0 Å². The summed E-state index contributed by atoms with van der Waals surface area (Å²) in [7, 11) is 0. The summed E-state index contributed by atoms with van der Waals surface area (Å²) in [5, 5.41) is 0. The first-order chi connectivity index (χ1) is 9.72. The smallest absolute Gasteiger partial charge is 0.361 e. The molecule has 1 aromatic rings. The number of nitrogens with zero attached hydrogens (tertiary/aromatic N) is 2. The minimum Gasteiger partial charge on any atom is -0.361 e. The van der Waals surface area contributed by atoms with E-state index in [2.05, 4.69) is 47.9 Å². The second kappa shape index (κ2) is 9.87. The Labute approximate surface area is 152 Å². The van der Waals surface area contributed by atoms with Crippen molar-refractivity contribution in [2.75, 3.05) is 37.9 Å². The first-order valence-corrected chi connectivity index (χ1v) is 7.21. The molecule has 114 valence electrons. The third kappa shape index (κ3) is 5.92. The first kappa shape index (κ1) is 19.0. The minimum atomic E-state index is 0. The summed E-state index contributed by atoms with van der Waals surface area (Å²) >= 11 is 0. The second-order valence-electron chi connectivity index (χ2n) is 5.25. The average molecular weight is 513 g/mol. The van der Waals surface area contributed by atoms with Gasteiger partial charge < -0.3 is 34.1 Å². The summed E-state index contributed by atoms with van der Waals surface area (Å²) in [6.45, 7) is 12.5. The molecule has 1 aliphatic rings. The van der Waals surface area contributed by atoms with Crippen molar-refractivity contribution >= 4 is 5.69 Å². The van der Waals surface area contributed by atoms with Crippen LogP contribution in [0.15, 0.2) is 24.3 Å². The van der Waals surface area contributed by atoms with E-state index >= 15 is 0 Å². The Bertz CT molecular complexity index is 395. The molecular formula is C16H25N3OU. The molecule has 1 aromatic carbocycles. The van der Waals surface area contributed by atoms with Crippen molar-refractivity contribution in [1.82, 2.24) is 4.90 Å². The number of ether oxygens (including phenoxy) is 1. The molecule has 1 saturated heterocycles. The first-order valence-electron chi connectivity index (χ1n) is 7.21. The molecule has 1 aliphatic heterocycles. The van der Waals surface area contributed by atoms with E-state index in [9.17, 15) is 0 Å². The van der Waals surface area contributed by atoms with Gasteiger partial charge in [0, 0.05) is 24.8 Å². The van der Waals surface area contributed by atoms with Crippen LogP contribution >= 0.6 is 0 Å². The molecular weight excluding hydrogens is 488 g/mol. The maximum Gasteiger partial charge on any atom is 2.00 e. The van der Waals surface area contributed by atoms with Crippen LogP contribution in [0.2, 0.25) is 0 Å². The maximum atomic E-state index is 6.05. The van der Waals surface area contributed by atoms with Crippen molar-refractivity contribution in [3.63, 3.8) is 0 Å². The topological polar surface area (TPSA) is 41.7 Å². The summed E-state index contributed by atoms with van der Waals surface area (Å²) in [6.07, 6.45) is 0.927. The van der Waals surface area contributed by atoms with Crippen LogP contribution in [0.5, 0.6) is 0 Å². The minimum absolute atomic E-state index is 0. The Morgan fingerprint density at radius 2 is 1.90 bits per heavy atom. The molecule has 21 heavy (non-hydrogen) atoms. The molecule has 0 spiro atoms. The van der Waals surface area contributed by atoms with E-state index in [4.69, 9.17) is 10.5 Å². The number of anilines is 1. The van der Waals surface area contributed by atoms with Crippen molar-refractivity contribution in [2.24, 2.45) is 5.73 Å². The van der Waals surface area contributed by atoms with E-state index in [1.54, 1.807) is 0 Å². The maximum absolute atomic E-state index is 6.05. The Morgan fingerprint density at radius 3 is 2.52 bits per heavy atom. The van der Waals surface area contributed by atoms with Gasteiger partial charge in [0.05, 0.1) is 6.61 Å². The molecule has 1 unspecified atom stereocenters. The molecule has 0 saturated carbocycles. The zero-order valence-electron chi connectivity index (χ0n) is 12.6. The standard InChI is InChI=1S/C16H25N3O.U/c1-3-18(4-2)11-14-5-7-16(8-6-14)19-12-15(17)9-10-20-13-19;/h5-8,15H,1-4,9-13,17H2;/q-2;+2. The average Bonchev–Trinajstić information content (AvgIpc) is 2.70. The van der Waals surface area contributed by atoms with Crippen LogP contribution in [-0.2, 0) is 11.3 Å². The molecule has 2 N–H and O–H groups in total. The summed E-state index contributed by atoms with van der Waals surface area (Å²) in [5.41, 5.74) is 8.50. The van der Waals surface area contributed by atoms with E-state index in [1.807, 2.05) is 0 Å². The van der Waals surface area contributed by atoms with Gasteiger partial charge in [0.1, 0.15) is 6.73 Å². The molecule has 1 heterocycles. The van der Waals surface area contributed by atoms with Gasteiger partial charge in [0.25, 0.3) is 0 Å². The molecule has 0 radical (unpaired) electrons. The van der Waals surface area contributed by atoms with Crippen LogP contribution in [0, 0.1) is 45.0 Å². The zero-order chi connectivity index (χ0) is 14.4. The van der Waals surface area contributed by atoms with Crippen LogP contribution in [0.1, 0.15) is 12.0 Å². The zero-order valence-corrected chi connectivity index (χ0v) is 16.8. The van der Waals surface area contributed by atoms with Gasteiger partial charge in [-0.05, 0) is 24.1 Å². The van der Waals surface area contributed by atoms with Gasteiger partial charge in [-0.25, -0.2) is 0 Å². The van der Waals surface area contributed by atoms with Crippen LogP contribution in [0.3, 0.4) is 0 Å². The Kier molecular flexibility index (Phi) is 8.93. The fourth-order valence-electron chi connectivity index (χ4n) is 2.36. The predicted molar refractivity (Wildman–Crippen MR) is 83.2 cm³/mol. The summed E-state index contributed by atoms with van der Waals surface area (Å²) < 4.78 is 5.58.